The third kappa shape index (κ3) is 7.57. The Hall–Kier alpha value is -2.90. The van der Waals surface area contributed by atoms with E-state index in [2.05, 4.69) is 5.32 Å². The average Bonchev–Trinajstić information content (AvgIpc) is 2.78. The Balaban J connectivity index is 2.19. The maximum absolute atomic E-state index is 13.4. The lowest BCUT2D eigenvalue weighted by Gasteiger charge is -2.36. The fraction of sp³-hybridized carbons (Fsp3) is 0.423. The molecule has 2 aromatic carbocycles. The van der Waals surface area contributed by atoms with Gasteiger partial charge in [-0.3, -0.25) is 4.79 Å². The summed E-state index contributed by atoms with van der Waals surface area (Å²) in [5.41, 5.74) is 2.10. The van der Waals surface area contributed by atoms with Crippen molar-refractivity contribution in [2.45, 2.75) is 46.3 Å². The first kappa shape index (κ1) is 27.3. The number of nitrogens with one attached hydrogen (secondary N) is 1. The van der Waals surface area contributed by atoms with Crippen LogP contribution in [0.2, 0.25) is 5.02 Å². The lowest BCUT2D eigenvalue weighted by Crippen LogP contribution is -2.57. The minimum Gasteiger partial charge on any atom is -0.462 e. The largest absolute Gasteiger partial charge is 0.462 e. The van der Waals surface area contributed by atoms with Gasteiger partial charge in [0.15, 0.2) is 12.6 Å². The molecule has 0 fully saturated rings. The molecule has 1 amide bonds. The van der Waals surface area contributed by atoms with E-state index < -0.39 is 18.0 Å². The molecular formula is C26H34ClN2O5+. The highest BCUT2D eigenvalue weighted by atomic mass is 35.5. The lowest BCUT2D eigenvalue weighted by atomic mass is 10.0. The van der Waals surface area contributed by atoms with Gasteiger partial charge in [0.2, 0.25) is 0 Å². The number of likely N-dealkylation sites (N-methyl/N-ethyl adjacent to an activating group) is 1. The molecule has 0 spiro atoms. The fourth-order valence-corrected chi connectivity index (χ4v) is 4.06. The van der Waals surface area contributed by atoms with Crippen LogP contribution in [0, 0.1) is 6.92 Å². The summed E-state index contributed by atoms with van der Waals surface area (Å²) in [6.07, 6.45) is 1.29. The molecule has 34 heavy (non-hydrogen) atoms. The first-order chi connectivity index (χ1) is 16.1. The molecule has 0 aliphatic rings. The number of rotatable bonds is 11. The summed E-state index contributed by atoms with van der Waals surface area (Å²) in [7, 11) is 3.65. The Labute approximate surface area is 206 Å². The Morgan fingerprint density at radius 3 is 2.35 bits per heavy atom. The molecule has 0 heterocycles. The molecule has 0 aliphatic carbocycles. The predicted octanol–water partition coefficient (Wildman–Crippen LogP) is 4.75. The summed E-state index contributed by atoms with van der Waals surface area (Å²) in [6.45, 7) is 5.85. The molecular weight excluding hydrogens is 456 g/mol. The van der Waals surface area contributed by atoms with E-state index in [0.29, 0.717) is 22.7 Å². The molecule has 1 N–H and O–H groups in total. The second-order valence-corrected chi connectivity index (χ2v) is 9.18. The molecule has 0 saturated carbocycles. The molecule has 1 unspecified atom stereocenters. The van der Waals surface area contributed by atoms with Gasteiger partial charge in [-0.1, -0.05) is 48.9 Å². The Kier molecular flexibility index (Phi) is 10.1. The Morgan fingerprint density at radius 1 is 1.06 bits per heavy atom. The van der Waals surface area contributed by atoms with Crippen LogP contribution in [-0.4, -0.2) is 55.6 Å². The number of quaternary nitrogens is 1. The molecule has 0 bridgehead atoms. The zero-order chi connectivity index (χ0) is 25.3. The van der Waals surface area contributed by atoms with Gasteiger partial charge in [0, 0.05) is 11.4 Å². The van der Waals surface area contributed by atoms with Gasteiger partial charge in [0.25, 0.3) is 5.91 Å². The van der Waals surface area contributed by atoms with Gasteiger partial charge in [0.1, 0.15) is 6.61 Å². The van der Waals surface area contributed by atoms with Crippen LogP contribution >= 0.6 is 11.6 Å². The van der Waals surface area contributed by atoms with Crippen LogP contribution in [-0.2, 0) is 25.7 Å². The van der Waals surface area contributed by atoms with Crippen molar-refractivity contribution >= 4 is 35.1 Å². The third-order valence-electron chi connectivity index (χ3n) is 5.53. The molecule has 0 aliphatic heterocycles. The van der Waals surface area contributed by atoms with Crippen LogP contribution in [0.4, 0.5) is 5.69 Å². The Morgan fingerprint density at radius 2 is 1.74 bits per heavy atom. The minimum atomic E-state index is -0.561. The van der Waals surface area contributed by atoms with Gasteiger partial charge in [-0.25, -0.2) is 9.59 Å². The topological polar surface area (TPSA) is 81.7 Å². The number of hydrogen-bond donors (Lipinski definition) is 1. The number of esters is 2. The van der Waals surface area contributed by atoms with Crippen LogP contribution in [0.15, 0.2) is 42.5 Å². The minimum absolute atomic E-state index is 0.0231. The Bertz CT molecular complexity index is 1010. The van der Waals surface area contributed by atoms with E-state index in [4.69, 9.17) is 21.1 Å². The number of carbonyl (C=O) groups excluding carboxylic acids is 3. The van der Waals surface area contributed by atoms with Crippen molar-refractivity contribution in [1.82, 2.24) is 0 Å². The smallest absolute Gasteiger partial charge is 0.362 e. The van der Waals surface area contributed by atoms with E-state index >= 15 is 0 Å². The lowest BCUT2D eigenvalue weighted by molar-refractivity contribution is -0.899. The molecule has 2 rings (SSSR count). The SMILES string of the molecule is CCCC(C(=O)Nc1c(C)cc(Cl)cc1C(=O)OCC)[N+](C)(C)CC(=O)OCc1ccccc1. The number of aryl methyl sites for hydroxylation is 1. The highest BCUT2D eigenvalue weighted by Crippen LogP contribution is 2.27. The number of anilines is 1. The molecule has 1 atom stereocenters. The van der Waals surface area contributed by atoms with E-state index in [0.717, 1.165) is 12.0 Å². The van der Waals surface area contributed by atoms with Gasteiger partial charge in [-0.15, -0.1) is 0 Å². The monoisotopic (exact) mass is 489 g/mol. The van der Waals surface area contributed by atoms with Gasteiger partial charge < -0.3 is 19.3 Å². The maximum atomic E-state index is 13.4. The summed E-state index contributed by atoms with van der Waals surface area (Å²) >= 11 is 6.14. The standard InChI is InChI=1S/C26H33ClN2O5/c1-6-11-22(29(4,5)16-23(30)34-17-19-12-9-8-10-13-19)25(31)28-24-18(3)14-20(27)15-21(24)26(32)33-7-2/h8-10,12-15,22H,6-7,11,16-17H2,1-5H3/p+1. The number of benzene rings is 2. The summed E-state index contributed by atoms with van der Waals surface area (Å²) < 4.78 is 10.7. The van der Waals surface area contributed by atoms with Crippen molar-refractivity contribution in [3.05, 3.63) is 64.2 Å². The van der Waals surface area contributed by atoms with E-state index in [1.165, 1.54) is 6.07 Å². The predicted molar refractivity (Wildman–Crippen MR) is 133 cm³/mol. The fourth-order valence-electron chi connectivity index (χ4n) is 3.78. The normalized spacial score (nSPS) is 12.1. The maximum Gasteiger partial charge on any atom is 0.362 e. The average molecular weight is 490 g/mol. The van der Waals surface area contributed by atoms with Gasteiger partial charge in [0.05, 0.1) is 32.0 Å². The summed E-state index contributed by atoms with van der Waals surface area (Å²) in [5.74, 6) is -1.25. The van der Waals surface area contributed by atoms with E-state index in [1.807, 2.05) is 51.4 Å². The van der Waals surface area contributed by atoms with E-state index in [-0.39, 0.29) is 35.7 Å². The van der Waals surface area contributed by atoms with Gasteiger partial charge in [-0.05, 0) is 43.5 Å². The second kappa shape index (κ2) is 12.5. The number of nitrogens with zero attached hydrogens (tertiary/aromatic N) is 1. The van der Waals surface area contributed by atoms with Crippen molar-refractivity contribution in [3.8, 4) is 0 Å². The number of amides is 1. The third-order valence-corrected chi connectivity index (χ3v) is 5.75. The van der Waals surface area contributed by atoms with E-state index in [9.17, 15) is 14.4 Å². The molecule has 0 radical (unpaired) electrons. The molecule has 8 heteroatoms. The summed E-state index contributed by atoms with van der Waals surface area (Å²) in [6, 6.07) is 12.1. The van der Waals surface area contributed by atoms with Gasteiger partial charge in [-0.2, -0.15) is 0 Å². The van der Waals surface area contributed by atoms with Crippen LogP contribution in [0.3, 0.4) is 0 Å². The summed E-state index contributed by atoms with van der Waals surface area (Å²) in [5, 5.41) is 3.28. The highest BCUT2D eigenvalue weighted by Gasteiger charge is 2.37. The molecule has 7 nitrogen and oxygen atoms in total. The molecule has 0 aromatic heterocycles. The zero-order valence-corrected chi connectivity index (χ0v) is 21.3. The van der Waals surface area contributed by atoms with Crippen molar-refractivity contribution in [3.63, 3.8) is 0 Å². The number of ether oxygens (including phenoxy) is 2. The molecule has 2 aromatic rings. The first-order valence-corrected chi connectivity index (χ1v) is 11.8. The van der Waals surface area contributed by atoms with Crippen LogP contribution in [0.25, 0.3) is 0 Å². The number of carbonyl (C=O) groups is 3. The van der Waals surface area contributed by atoms with Crippen LogP contribution in [0.5, 0.6) is 0 Å². The van der Waals surface area contributed by atoms with Crippen molar-refractivity contribution in [2.24, 2.45) is 0 Å². The first-order valence-electron chi connectivity index (χ1n) is 11.4. The van der Waals surface area contributed by atoms with Gasteiger partial charge >= 0.3 is 11.9 Å². The second-order valence-electron chi connectivity index (χ2n) is 8.74. The molecule has 184 valence electrons. The van der Waals surface area contributed by atoms with Crippen molar-refractivity contribution in [1.29, 1.82) is 0 Å². The van der Waals surface area contributed by atoms with E-state index in [1.54, 1.807) is 19.9 Å². The number of hydrogen-bond acceptors (Lipinski definition) is 5. The van der Waals surface area contributed by atoms with Crippen molar-refractivity contribution in [2.75, 3.05) is 32.6 Å². The highest BCUT2D eigenvalue weighted by molar-refractivity contribution is 6.31. The number of halogens is 1. The van der Waals surface area contributed by atoms with Crippen LogP contribution < -0.4 is 5.32 Å². The quantitative estimate of drug-likeness (QED) is 0.364. The van der Waals surface area contributed by atoms with Crippen molar-refractivity contribution < 1.29 is 28.3 Å². The summed E-state index contributed by atoms with van der Waals surface area (Å²) in [4.78, 5) is 38.5. The van der Waals surface area contributed by atoms with Crippen LogP contribution in [0.1, 0.15) is 48.2 Å². The zero-order valence-electron chi connectivity index (χ0n) is 20.5. The molecule has 0 saturated heterocycles.